The Morgan fingerprint density at radius 1 is 1.17 bits per heavy atom. The fourth-order valence-electron chi connectivity index (χ4n) is 2.41. The zero-order chi connectivity index (χ0) is 20.8. The van der Waals surface area contributed by atoms with E-state index in [1.165, 1.54) is 26.2 Å². The van der Waals surface area contributed by atoms with Crippen molar-refractivity contribution in [3.8, 4) is 17.2 Å². The maximum absolute atomic E-state index is 13.8. The van der Waals surface area contributed by atoms with Crippen LogP contribution in [0.3, 0.4) is 0 Å². The summed E-state index contributed by atoms with van der Waals surface area (Å²) in [6.07, 6.45) is 0. The summed E-state index contributed by atoms with van der Waals surface area (Å²) in [5.41, 5.74) is 1.12. The number of amides is 2. The molecule has 0 atom stereocenters. The van der Waals surface area contributed by atoms with Crippen molar-refractivity contribution in [1.82, 2.24) is 10.2 Å². The number of ether oxygens (including phenoxy) is 1. The molecule has 10 heteroatoms. The van der Waals surface area contributed by atoms with Gasteiger partial charge in [-0.2, -0.15) is 0 Å². The standard InChI is InChI=1S/C19H17FN4O4S/c1-11(25)21-12-7-8-16(27-2)15(9-12)22-17(26)10-29-19-24-23-18(28-19)13-5-3-4-6-14(13)20/h3-9H,10H2,1-2H3,(H,21,25)(H,22,26). The number of rotatable bonds is 7. The van der Waals surface area contributed by atoms with Crippen LogP contribution in [0.4, 0.5) is 15.8 Å². The van der Waals surface area contributed by atoms with E-state index >= 15 is 0 Å². The number of hydrogen-bond donors (Lipinski definition) is 2. The smallest absolute Gasteiger partial charge is 0.277 e. The first-order chi connectivity index (χ1) is 14.0. The second-order valence-electron chi connectivity index (χ2n) is 5.79. The van der Waals surface area contributed by atoms with E-state index in [1.54, 1.807) is 30.3 Å². The quantitative estimate of drug-likeness (QED) is 0.567. The van der Waals surface area contributed by atoms with E-state index in [0.29, 0.717) is 17.1 Å². The Bertz CT molecular complexity index is 1040. The van der Waals surface area contributed by atoms with E-state index in [-0.39, 0.29) is 34.2 Å². The summed E-state index contributed by atoms with van der Waals surface area (Å²) in [5, 5.41) is 13.1. The minimum Gasteiger partial charge on any atom is -0.495 e. The molecule has 150 valence electrons. The van der Waals surface area contributed by atoms with Gasteiger partial charge >= 0.3 is 0 Å². The first-order valence-corrected chi connectivity index (χ1v) is 9.41. The lowest BCUT2D eigenvalue weighted by Gasteiger charge is -2.12. The number of benzene rings is 2. The lowest BCUT2D eigenvalue weighted by molar-refractivity contribution is -0.114. The minimum atomic E-state index is -0.475. The molecule has 2 amide bonds. The molecule has 0 spiro atoms. The normalized spacial score (nSPS) is 10.4. The molecule has 2 N–H and O–H groups in total. The molecule has 0 fully saturated rings. The first-order valence-electron chi connectivity index (χ1n) is 8.43. The summed E-state index contributed by atoms with van der Waals surface area (Å²) in [6.45, 7) is 1.39. The van der Waals surface area contributed by atoms with Gasteiger partial charge in [0.15, 0.2) is 0 Å². The summed E-state index contributed by atoms with van der Waals surface area (Å²) < 4.78 is 24.4. The van der Waals surface area contributed by atoms with E-state index in [2.05, 4.69) is 20.8 Å². The highest BCUT2D eigenvalue weighted by atomic mass is 32.2. The summed E-state index contributed by atoms with van der Waals surface area (Å²) in [5.74, 6) is -0.597. The largest absolute Gasteiger partial charge is 0.495 e. The summed E-state index contributed by atoms with van der Waals surface area (Å²) >= 11 is 1.01. The number of nitrogens with zero attached hydrogens (tertiary/aromatic N) is 2. The van der Waals surface area contributed by atoms with Crippen molar-refractivity contribution in [3.05, 3.63) is 48.3 Å². The summed E-state index contributed by atoms with van der Waals surface area (Å²) in [4.78, 5) is 23.5. The fraction of sp³-hybridized carbons (Fsp3) is 0.158. The van der Waals surface area contributed by atoms with Crippen LogP contribution in [0.15, 0.2) is 52.1 Å². The Morgan fingerprint density at radius 2 is 1.97 bits per heavy atom. The number of anilines is 2. The van der Waals surface area contributed by atoms with Crippen molar-refractivity contribution in [3.63, 3.8) is 0 Å². The van der Waals surface area contributed by atoms with Crippen LogP contribution < -0.4 is 15.4 Å². The average molecular weight is 416 g/mol. The molecular weight excluding hydrogens is 399 g/mol. The van der Waals surface area contributed by atoms with E-state index in [4.69, 9.17) is 9.15 Å². The van der Waals surface area contributed by atoms with Crippen LogP contribution in [0.25, 0.3) is 11.5 Å². The van der Waals surface area contributed by atoms with Gasteiger partial charge in [0.05, 0.1) is 24.1 Å². The first kappa shape index (κ1) is 20.3. The maximum Gasteiger partial charge on any atom is 0.277 e. The number of nitrogens with one attached hydrogen (secondary N) is 2. The third-order valence-corrected chi connectivity index (χ3v) is 4.45. The van der Waals surface area contributed by atoms with Gasteiger partial charge in [0.25, 0.3) is 11.1 Å². The predicted octanol–water partition coefficient (Wildman–Crippen LogP) is 3.57. The molecule has 0 aliphatic heterocycles. The van der Waals surface area contributed by atoms with Crippen molar-refractivity contribution in [2.24, 2.45) is 0 Å². The SMILES string of the molecule is COc1ccc(NC(C)=O)cc1NC(=O)CSc1nnc(-c2ccccc2F)o1. The van der Waals surface area contributed by atoms with Gasteiger partial charge in [0.2, 0.25) is 11.8 Å². The summed E-state index contributed by atoms with van der Waals surface area (Å²) in [6, 6.07) is 10.9. The Kier molecular flexibility index (Phi) is 6.45. The van der Waals surface area contributed by atoms with Crippen LogP contribution in [-0.2, 0) is 9.59 Å². The van der Waals surface area contributed by atoms with E-state index < -0.39 is 5.82 Å². The van der Waals surface area contributed by atoms with Crippen molar-refractivity contribution < 1.29 is 23.1 Å². The highest BCUT2D eigenvalue weighted by molar-refractivity contribution is 7.99. The molecule has 1 heterocycles. The highest BCUT2D eigenvalue weighted by Gasteiger charge is 2.15. The van der Waals surface area contributed by atoms with Gasteiger partial charge in [0, 0.05) is 12.6 Å². The molecule has 2 aromatic carbocycles. The highest BCUT2D eigenvalue weighted by Crippen LogP contribution is 2.29. The fourth-order valence-corrected chi connectivity index (χ4v) is 2.98. The van der Waals surface area contributed by atoms with Gasteiger partial charge in [-0.3, -0.25) is 9.59 Å². The Labute approximate surface area is 169 Å². The van der Waals surface area contributed by atoms with Crippen LogP contribution in [0.2, 0.25) is 0 Å². The molecular formula is C19H17FN4O4S. The summed E-state index contributed by atoms with van der Waals surface area (Å²) in [7, 11) is 1.47. The number of hydrogen-bond acceptors (Lipinski definition) is 7. The lowest BCUT2D eigenvalue weighted by atomic mass is 10.2. The van der Waals surface area contributed by atoms with Crippen LogP contribution in [0.1, 0.15) is 6.92 Å². The third kappa shape index (κ3) is 5.32. The molecule has 0 saturated carbocycles. The van der Waals surface area contributed by atoms with Crippen molar-refractivity contribution in [2.45, 2.75) is 12.1 Å². The Balaban J connectivity index is 1.63. The predicted molar refractivity (Wildman–Crippen MR) is 106 cm³/mol. The molecule has 0 saturated heterocycles. The zero-order valence-corrected chi connectivity index (χ0v) is 16.4. The molecule has 29 heavy (non-hydrogen) atoms. The zero-order valence-electron chi connectivity index (χ0n) is 15.6. The second-order valence-corrected chi connectivity index (χ2v) is 6.71. The molecule has 0 aliphatic carbocycles. The topological polar surface area (TPSA) is 106 Å². The van der Waals surface area contributed by atoms with Gasteiger partial charge in [-0.25, -0.2) is 4.39 Å². The van der Waals surface area contributed by atoms with Gasteiger partial charge < -0.3 is 19.8 Å². The molecule has 1 aromatic heterocycles. The number of carbonyl (C=O) groups is 2. The Morgan fingerprint density at radius 3 is 2.69 bits per heavy atom. The van der Waals surface area contributed by atoms with Crippen molar-refractivity contribution >= 4 is 35.0 Å². The average Bonchev–Trinajstić information content (AvgIpc) is 3.15. The van der Waals surface area contributed by atoms with Gasteiger partial charge in [0.1, 0.15) is 11.6 Å². The number of halogens is 1. The monoisotopic (exact) mass is 416 g/mol. The molecule has 0 bridgehead atoms. The van der Waals surface area contributed by atoms with Gasteiger partial charge in [-0.05, 0) is 30.3 Å². The van der Waals surface area contributed by atoms with Crippen molar-refractivity contribution in [2.75, 3.05) is 23.5 Å². The van der Waals surface area contributed by atoms with E-state index in [0.717, 1.165) is 11.8 Å². The molecule has 8 nitrogen and oxygen atoms in total. The molecule has 3 rings (SSSR count). The van der Waals surface area contributed by atoms with Crippen molar-refractivity contribution in [1.29, 1.82) is 0 Å². The third-order valence-electron chi connectivity index (χ3n) is 3.63. The van der Waals surface area contributed by atoms with Crippen LogP contribution >= 0.6 is 11.8 Å². The minimum absolute atomic E-state index is 0.0214. The number of thioether (sulfide) groups is 1. The van der Waals surface area contributed by atoms with E-state index in [9.17, 15) is 14.0 Å². The maximum atomic E-state index is 13.8. The van der Waals surface area contributed by atoms with Crippen LogP contribution in [0.5, 0.6) is 5.75 Å². The molecule has 3 aromatic rings. The second kappa shape index (κ2) is 9.20. The van der Waals surface area contributed by atoms with Crippen LogP contribution in [0, 0.1) is 5.82 Å². The number of aromatic nitrogens is 2. The van der Waals surface area contributed by atoms with Crippen LogP contribution in [-0.4, -0.2) is 34.9 Å². The lowest BCUT2D eigenvalue weighted by Crippen LogP contribution is -2.15. The number of methoxy groups -OCH3 is 1. The van der Waals surface area contributed by atoms with Gasteiger partial charge in [-0.1, -0.05) is 23.9 Å². The molecule has 0 aliphatic rings. The Hall–Kier alpha value is -3.40. The molecule has 0 radical (unpaired) electrons. The van der Waals surface area contributed by atoms with Gasteiger partial charge in [-0.15, -0.1) is 10.2 Å². The van der Waals surface area contributed by atoms with E-state index in [1.807, 2.05) is 0 Å². The number of carbonyl (C=O) groups excluding carboxylic acids is 2. The molecule has 0 unspecified atom stereocenters.